The molecule has 16 heavy (non-hydrogen) atoms. The van der Waals surface area contributed by atoms with Gasteiger partial charge in [0.1, 0.15) is 0 Å². The van der Waals surface area contributed by atoms with Crippen molar-refractivity contribution in [1.29, 1.82) is 0 Å². The highest BCUT2D eigenvalue weighted by Crippen LogP contribution is 2.30. The van der Waals surface area contributed by atoms with Gasteiger partial charge in [0.2, 0.25) is 0 Å². The fraction of sp³-hybridized carbons (Fsp3) is 1.00. The zero-order valence-electron chi connectivity index (χ0n) is 9.65. The van der Waals surface area contributed by atoms with E-state index in [1.807, 2.05) is 0 Å². The predicted octanol–water partition coefficient (Wildman–Crippen LogP) is 3.66. The first-order valence-electron chi connectivity index (χ1n) is 5.90. The fourth-order valence-electron chi connectivity index (χ4n) is 2.22. The lowest BCUT2D eigenvalue weighted by molar-refractivity contribution is -0.0327. The second kappa shape index (κ2) is 6.74. The zero-order chi connectivity index (χ0) is 12.0. The zero-order valence-corrected chi connectivity index (χ0v) is 10.5. The molecule has 1 saturated carbocycles. The Kier molecular flexibility index (Phi) is 5.97. The first kappa shape index (κ1) is 14.2. The van der Waals surface area contributed by atoms with Crippen LogP contribution in [0.1, 0.15) is 32.6 Å². The van der Waals surface area contributed by atoms with Crippen LogP contribution in [0.4, 0.5) is 13.2 Å². The maximum absolute atomic E-state index is 11.8. The third-order valence-electron chi connectivity index (χ3n) is 3.24. The van der Waals surface area contributed by atoms with Crippen LogP contribution >= 0.6 is 11.8 Å². The van der Waals surface area contributed by atoms with Crippen molar-refractivity contribution in [3.63, 3.8) is 0 Å². The number of hydrogen-bond donors (Lipinski definition) is 1. The molecule has 2 unspecified atom stereocenters. The van der Waals surface area contributed by atoms with Crippen molar-refractivity contribution >= 4 is 11.8 Å². The Labute approximate surface area is 99.6 Å². The van der Waals surface area contributed by atoms with E-state index < -0.39 is 5.51 Å². The lowest BCUT2D eigenvalue weighted by Crippen LogP contribution is -2.30. The number of thioether (sulfide) groups is 1. The molecule has 1 aliphatic rings. The van der Waals surface area contributed by atoms with E-state index in [0.29, 0.717) is 12.5 Å². The molecule has 0 saturated heterocycles. The molecule has 1 aliphatic carbocycles. The summed E-state index contributed by atoms with van der Waals surface area (Å²) >= 11 is 0.0585. The van der Waals surface area contributed by atoms with Crippen molar-refractivity contribution < 1.29 is 13.2 Å². The third kappa shape index (κ3) is 5.99. The van der Waals surface area contributed by atoms with Gasteiger partial charge in [0.15, 0.2) is 0 Å². The molecule has 0 aliphatic heterocycles. The van der Waals surface area contributed by atoms with Gasteiger partial charge in [-0.25, -0.2) is 0 Å². The van der Waals surface area contributed by atoms with Crippen molar-refractivity contribution in [1.82, 2.24) is 5.32 Å². The summed E-state index contributed by atoms with van der Waals surface area (Å²) in [5.41, 5.74) is -4.08. The van der Waals surface area contributed by atoms with Gasteiger partial charge in [-0.15, -0.1) is 0 Å². The van der Waals surface area contributed by atoms with Gasteiger partial charge in [0.05, 0.1) is 0 Å². The summed E-state index contributed by atoms with van der Waals surface area (Å²) in [5, 5.41) is 3.14. The minimum atomic E-state index is -4.08. The van der Waals surface area contributed by atoms with Gasteiger partial charge < -0.3 is 5.32 Å². The second-order valence-corrected chi connectivity index (χ2v) is 5.68. The molecule has 1 N–H and O–H groups in total. The summed E-state index contributed by atoms with van der Waals surface area (Å²) in [6, 6.07) is 0. The van der Waals surface area contributed by atoms with Gasteiger partial charge >= 0.3 is 5.51 Å². The molecule has 0 amide bonds. The van der Waals surface area contributed by atoms with Gasteiger partial charge in [0, 0.05) is 12.3 Å². The molecule has 96 valence electrons. The molecule has 0 heterocycles. The summed E-state index contributed by atoms with van der Waals surface area (Å²) in [4.78, 5) is 0. The molecule has 0 aromatic carbocycles. The molecule has 1 nitrogen and oxygen atoms in total. The molecule has 0 aromatic heterocycles. The van der Waals surface area contributed by atoms with E-state index in [4.69, 9.17) is 0 Å². The van der Waals surface area contributed by atoms with Crippen LogP contribution in [-0.2, 0) is 0 Å². The van der Waals surface area contributed by atoms with Crippen molar-refractivity contribution in [2.24, 2.45) is 11.8 Å². The van der Waals surface area contributed by atoms with E-state index in [2.05, 4.69) is 12.2 Å². The van der Waals surface area contributed by atoms with E-state index in [0.717, 1.165) is 12.5 Å². The Hall–Kier alpha value is 0.100. The third-order valence-corrected chi connectivity index (χ3v) is 3.98. The average molecular weight is 255 g/mol. The van der Waals surface area contributed by atoms with Crippen molar-refractivity contribution in [3.8, 4) is 0 Å². The number of alkyl halides is 3. The molecule has 1 fully saturated rings. The Morgan fingerprint density at radius 3 is 2.56 bits per heavy atom. The molecular formula is C11H20F3NS. The first-order chi connectivity index (χ1) is 7.49. The summed E-state index contributed by atoms with van der Waals surface area (Å²) in [6.45, 7) is 3.57. The van der Waals surface area contributed by atoms with Crippen LogP contribution in [0.15, 0.2) is 0 Å². The van der Waals surface area contributed by atoms with Crippen molar-refractivity contribution in [2.75, 3.05) is 18.8 Å². The van der Waals surface area contributed by atoms with E-state index in [1.54, 1.807) is 0 Å². The number of hydrogen-bond acceptors (Lipinski definition) is 2. The van der Waals surface area contributed by atoms with Crippen LogP contribution in [0, 0.1) is 11.8 Å². The molecule has 0 bridgehead atoms. The van der Waals surface area contributed by atoms with Crippen LogP contribution < -0.4 is 5.32 Å². The topological polar surface area (TPSA) is 12.0 Å². The van der Waals surface area contributed by atoms with Crippen molar-refractivity contribution in [3.05, 3.63) is 0 Å². The standard InChI is InChI=1S/C11H20F3NS/c1-9-4-2-3-5-10(9)8-15-6-7-16-11(12,13)14/h9-10,15H,2-8H2,1H3. The highest BCUT2D eigenvalue weighted by atomic mass is 32.2. The van der Waals surface area contributed by atoms with Gasteiger partial charge in [0.25, 0.3) is 0 Å². The molecule has 5 heteroatoms. The lowest BCUT2D eigenvalue weighted by atomic mass is 9.80. The summed E-state index contributed by atoms with van der Waals surface area (Å²) < 4.78 is 35.5. The minimum absolute atomic E-state index is 0.0585. The van der Waals surface area contributed by atoms with Gasteiger partial charge in [-0.2, -0.15) is 13.2 Å². The quantitative estimate of drug-likeness (QED) is 0.752. The predicted molar refractivity (Wildman–Crippen MR) is 62.5 cm³/mol. The number of nitrogens with one attached hydrogen (secondary N) is 1. The Morgan fingerprint density at radius 1 is 1.25 bits per heavy atom. The number of halogens is 3. The monoisotopic (exact) mass is 255 g/mol. The summed E-state index contributed by atoms with van der Waals surface area (Å²) in [7, 11) is 0. The molecule has 2 atom stereocenters. The lowest BCUT2D eigenvalue weighted by Gasteiger charge is -2.28. The Balaban J connectivity index is 2.02. The largest absolute Gasteiger partial charge is 0.441 e. The van der Waals surface area contributed by atoms with Gasteiger partial charge in [-0.05, 0) is 36.6 Å². The highest BCUT2D eigenvalue weighted by molar-refractivity contribution is 8.00. The van der Waals surface area contributed by atoms with Crippen LogP contribution in [0.3, 0.4) is 0 Å². The van der Waals surface area contributed by atoms with Crippen LogP contribution in [0.25, 0.3) is 0 Å². The molecular weight excluding hydrogens is 235 g/mol. The molecule has 1 rings (SSSR count). The van der Waals surface area contributed by atoms with E-state index in [1.165, 1.54) is 25.7 Å². The molecule has 0 spiro atoms. The van der Waals surface area contributed by atoms with Gasteiger partial charge in [-0.3, -0.25) is 0 Å². The van der Waals surface area contributed by atoms with Crippen molar-refractivity contribution in [2.45, 2.75) is 38.1 Å². The Morgan fingerprint density at radius 2 is 1.94 bits per heavy atom. The SMILES string of the molecule is CC1CCCCC1CNCCSC(F)(F)F. The Bertz CT molecular complexity index is 196. The van der Waals surface area contributed by atoms with Crippen LogP contribution in [-0.4, -0.2) is 24.4 Å². The maximum Gasteiger partial charge on any atom is 0.441 e. The number of rotatable bonds is 5. The van der Waals surface area contributed by atoms with Crippen LogP contribution in [0.5, 0.6) is 0 Å². The van der Waals surface area contributed by atoms with E-state index >= 15 is 0 Å². The second-order valence-electron chi connectivity index (χ2n) is 4.52. The summed E-state index contributed by atoms with van der Waals surface area (Å²) in [5.74, 6) is 1.49. The van der Waals surface area contributed by atoms with Gasteiger partial charge in [-0.1, -0.05) is 26.2 Å². The fourth-order valence-corrected chi connectivity index (χ4v) is 2.70. The van der Waals surface area contributed by atoms with E-state index in [9.17, 15) is 13.2 Å². The smallest absolute Gasteiger partial charge is 0.316 e. The minimum Gasteiger partial charge on any atom is -0.316 e. The van der Waals surface area contributed by atoms with Crippen LogP contribution in [0.2, 0.25) is 0 Å². The molecule has 0 radical (unpaired) electrons. The summed E-state index contributed by atoms with van der Waals surface area (Å²) in [6.07, 6.45) is 5.07. The normalized spacial score (nSPS) is 27.0. The molecule has 0 aromatic rings. The highest BCUT2D eigenvalue weighted by Gasteiger charge is 2.27. The first-order valence-corrected chi connectivity index (χ1v) is 6.89. The van der Waals surface area contributed by atoms with E-state index in [-0.39, 0.29) is 17.5 Å². The average Bonchev–Trinajstić information content (AvgIpc) is 2.18. The maximum atomic E-state index is 11.8.